The van der Waals surface area contributed by atoms with E-state index in [9.17, 15) is 4.79 Å². The van der Waals surface area contributed by atoms with E-state index in [1.807, 2.05) is 19.9 Å². The van der Waals surface area contributed by atoms with E-state index < -0.39 is 0 Å². The lowest BCUT2D eigenvalue weighted by Gasteiger charge is -2.13. The van der Waals surface area contributed by atoms with Crippen molar-refractivity contribution in [1.82, 2.24) is 10.6 Å². The highest BCUT2D eigenvalue weighted by Gasteiger charge is 2.08. The molecule has 0 aliphatic heterocycles. The van der Waals surface area contributed by atoms with Gasteiger partial charge in [-0.1, -0.05) is 13.8 Å². The molecule has 4 nitrogen and oxygen atoms in total. The standard InChI is InChI=1S/C9H17N3O/c1-3-8(5-6-10)12-9(13)7-11-4-2/h8,11H,3-5,7H2,1-2H3,(H,12,13). The second kappa shape index (κ2) is 7.56. The molecular formula is C9H17N3O. The molecule has 13 heavy (non-hydrogen) atoms. The monoisotopic (exact) mass is 183 g/mol. The minimum atomic E-state index is -0.0380. The van der Waals surface area contributed by atoms with Crippen LogP contribution >= 0.6 is 0 Å². The first-order chi connectivity index (χ1) is 6.24. The molecule has 1 amide bonds. The maximum atomic E-state index is 11.2. The summed E-state index contributed by atoms with van der Waals surface area (Å²) in [5.74, 6) is -0.0380. The number of carbonyl (C=O) groups excluding carboxylic acids is 1. The van der Waals surface area contributed by atoms with Gasteiger partial charge < -0.3 is 10.6 Å². The molecule has 1 unspecified atom stereocenters. The van der Waals surface area contributed by atoms with Crippen LogP contribution in [-0.4, -0.2) is 25.0 Å². The number of nitrogens with one attached hydrogen (secondary N) is 2. The van der Waals surface area contributed by atoms with E-state index in [2.05, 4.69) is 10.6 Å². The Kier molecular flexibility index (Phi) is 6.93. The topological polar surface area (TPSA) is 64.9 Å². The smallest absolute Gasteiger partial charge is 0.234 e. The van der Waals surface area contributed by atoms with Crippen molar-refractivity contribution in [2.45, 2.75) is 32.7 Å². The molecule has 0 heterocycles. The first kappa shape index (κ1) is 11.9. The van der Waals surface area contributed by atoms with Crippen molar-refractivity contribution in [2.75, 3.05) is 13.1 Å². The summed E-state index contributed by atoms with van der Waals surface area (Å²) in [6.45, 7) is 5.01. The molecule has 0 bridgehead atoms. The Bertz CT molecular complexity index is 186. The molecule has 0 aromatic carbocycles. The van der Waals surface area contributed by atoms with Gasteiger partial charge in [-0.15, -0.1) is 0 Å². The summed E-state index contributed by atoms with van der Waals surface area (Å²) < 4.78 is 0. The molecule has 2 N–H and O–H groups in total. The van der Waals surface area contributed by atoms with Crippen LogP contribution in [0.4, 0.5) is 0 Å². The minimum Gasteiger partial charge on any atom is -0.351 e. The fraction of sp³-hybridized carbons (Fsp3) is 0.778. The Labute approximate surface area is 79.3 Å². The molecule has 0 saturated carbocycles. The normalized spacial score (nSPS) is 11.8. The van der Waals surface area contributed by atoms with Crippen LogP contribution in [0.15, 0.2) is 0 Å². The van der Waals surface area contributed by atoms with E-state index in [1.165, 1.54) is 0 Å². The Balaban J connectivity index is 3.67. The molecule has 0 radical (unpaired) electrons. The number of likely N-dealkylation sites (N-methyl/N-ethyl adjacent to an activating group) is 1. The van der Waals surface area contributed by atoms with Crippen LogP contribution in [0, 0.1) is 11.3 Å². The van der Waals surface area contributed by atoms with Gasteiger partial charge in [-0.3, -0.25) is 4.79 Å². The summed E-state index contributed by atoms with van der Waals surface area (Å²) in [7, 11) is 0. The van der Waals surface area contributed by atoms with Crippen molar-refractivity contribution in [1.29, 1.82) is 5.26 Å². The number of rotatable bonds is 6. The van der Waals surface area contributed by atoms with Crippen LogP contribution in [0.25, 0.3) is 0 Å². The third kappa shape index (κ3) is 6.12. The predicted molar refractivity (Wildman–Crippen MR) is 51.0 cm³/mol. The van der Waals surface area contributed by atoms with Gasteiger partial charge in [0.2, 0.25) is 5.91 Å². The average molecular weight is 183 g/mol. The Morgan fingerprint density at radius 3 is 2.69 bits per heavy atom. The number of amides is 1. The lowest BCUT2D eigenvalue weighted by molar-refractivity contribution is -0.120. The fourth-order valence-corrected chi connectivity index (χ4v) is 0.925. The zero-order valence-electron chi connectivity index (χ0n) is 8.26. The highest BCUT2D eigenvalue weighted by molar-refractivity contribution is 5.78. The van der Waals surface area contributed by atoms with Crippen LogP contribution in [0.2, 0.25) is 0 Å². The van der Waals surface area contributed by atoms with E-state index in [1.54, 1.807) is 0 Å². The highest BCUT2D eigenvalue weighted by atomic mass is 16.1. The molecule has 0 aliphatic carbocycles. The van der Waals surface area contributed by atoms with Gasteiger partial charge in [0, 0.05) is 6.04 Å². The first-order valence-corrected chi connectivity index (χ1v) is 4.61. The maximum Gasteiger partial charge on any atom is 0.234 e. The van der Waals surface area contributed by atoms with E-state index in [-0.39, 0.29) is 11.9 Å². The number of nitriles is 1. The summed E-state index contributed by atoms with van der Waals surface area (Å²) >= 11 is 0. The van der Waals surface area contributed by atoms with Crippen molar-refractivity contribution >= 4 is 5.91 Å². The van der Waals surface area contributed by atoms with Gasteiger partial charge in [-0.05, 0) is 13.0 Å². The molecule has 0 saturated heterocycles. The summed E-state index contributed by atoms with van der Waals surface area (Å²) in [6.07, 6.45) is 1.18. The predicted octanol–water partition coefficient (Wildman–Crippen LogP) is 0.404. The third-order valence-electron chi connectivity index (χ3n) is 1.73. The largest absolute Gasteiger partial charge is 0.351 e. The molecule has 0 aromatic rings. The molecule has 74 valence electrons. The Morgan fingerprint density at radius 1 is 1.54 bits per heavy atom. The van der Waals surface area contributed by atoms with E-state index in [0.29, 0.717) is 13.0 Å². The van der Waals surface area contributed by atoms with Gasteiger partial charge in [0.25, 0.3) is 0 Å². The average Bonchev–Trinajstić information content (AvgIpc) is 2.14. The number of nitrogens with zero attached hydrogens (tertiary/aromatic N) is 1. The van der Waals surface area contributed by atoms with Crippen LogP contribution in [-0.2, 0) is 4.79 Å². The minimum absolute atomic E-state index is 0.00356. The Morgan fingerprint density at radius 2 is 2.23 bits per heavy atom. The lowest BCUT2D eigenvalue weighted by Crippen LogP contribution is -2.39. The molecule has 4 heteroatoms. The number of hydrogen-bond acceptors (Lipinski definition) is 3. The summed E-state index contributed by atoms with van der Waals surface area (Å²) in [5.41, 5.74) is 0. The zero-order valence-corrected chi connectivity index (χ0v) is 8.26. The molecule has 0 aliphatic rings. The van der Waals surface area contributed by atoms with Crippen molar-refractivity contribution in [3.8, 4) is 6.07 Å². The van der Waals surface area contributed by atoms with Crippen LogP contribution in [0.3, 0.4) is 0 Å². The quantitative estimate of drug-likeness (QED) is 0.626. The highest BCUT2D eigenvalue weighted by Crippen LogP contribution is 1.94. The van der Waals surface area contributed by atoms with E-state index in [0.717, 1.165) is 13.0 Å². The molecule has 0 rings (SSSR count). The SMILES string of the molecule is CCNCC(=O)NC(CC)CC#N. The zero-order chi connectivity index (χ0) is 10.1. The van der Waals surface area contributed by atoms with Crippen molar-refractivity contribution in [2.24, 2.45) is 0 Å². The molecule has 0 spiro atoms. The van der Waals surface area contributed by atoms with Crippen LogP contribution < -0.4 is 10.6 Å². The summed E-state index contributed by atoms with van der Waals surface area (Å²) in [5, 5.41) is 14.1. The van der Waals surface area contributed by atoms with Crippen molar-refractivity contribution < 1.29 is 4.79 Å². The summed E-state index contributed by atoms with van der Waals surface area (Å²) in [6, 6.07) is 2.04. The molecule has 1 atom stereocenters. The number of hydrogen-bond donors (Lipinski definition) is 2. The van der Waals surface area contributed by atoms with Gasteiger partial charge in [-0.25, -0.2) is 0 Å². The van der Waals surface area contributed by atoms with Gasteiger partial charge in [0.15, 0.2) is 0 Å². The van der Waals surface area contributed by atoms with Crippen LogP contribution in [0.5, 0.6) is 0 Å². The van der Waals surface area contributed by atoms with Crippen LogP contribution in [0.1, 0.15) is 26.7 Å². The van der Waals surface area contributed by atoms with Gasteiger partial charge >= 0.3 is 0 Å². The third-order valence-corrected chi connectivity index (χ3v) is 1.73. The second-order valence-corrected chi connectivity index (χ2v) is 2.82. The van der Waals surface area contributed by atoms with Gasteiger partial charge in [0.1, 0.15) is 0 Å². The molecular weight excluding hydrogens is 166 g/mol. The molecule has 0 fully saturated rings. The molecule has 0 aromatic heterocycles. The van der Waals surface area contributed by atoms with Crippen molar-refractivity contribution in [3.63, 3.8) is 0 Å². The fourth-order valence-electron chi connectivity index (χ4n) is 0.925. The van der Waals surface area contributed by atoms with E-state index >= 15 is 0 Å². The van der Waals surface area contributed by atoms with E-state index in [4.69, 9.17) is 5.26 Å². The second-order valence-electron chi connectivity index (χ2n) is 2.82. The maximum absolute atomic E-state index is 11.2. The summed E-state index contributed by atoms with van der Waals surface area (Å²) in [4.78, 5) is 11.2. The number of carbonyl (C=O) groups is 1. The lowest BCUT2D eigenvalue weighted by atomic mass is 10.2. The van der Waals surface area contributed by atoms with Crippen molar-refractivity contribution in [3.05, 3.63) is 0 Å². The van der Waals surface area contributed by atoms with Gasteiger partial charge in [0.05, 0.1) is 19.0 Å². The first-order valence-electron chi connectivity index (χ1n) is 4.61. The Hall–Kier alpha value is -1.08. The van der Waals surface area contributed by atoms with Gasteiger partial charge in [-0.2, -0.15) is 5.26 Å².